The van der Waals surface area contributed by atoms with Gasteiger partial charge in [-0.05, 0) is 44.9 Å². The number of nitrogens with two attached hydrogens (primary N) is 1. The van der Waals surface area contributed by atoms with Crippen molar-refractivity contribution in [1.29, 1.82) is 0 Å². The van der Waals surface area contributed by atoms with Gasteiger partial charge in [-0.15, -0.1) is 0 Å². The zero-order valence-electron chi connectivity index (χ0n) is 14.6. The molecular weight excluding hydrogens is 312 g/mol. The highest BCUT2D eigenvalue weighted by Gasteiger charge is 2.22. The highest BCUT2D eigenvalue weighted by atomic mass is 32.2. The summed E-state index contributed by atoms with van der Waals surface area (Å²) in [6, 6.07) is 6.94. The molecule has 6 nitrogen and oxygen atoms in total. The Morgan fingerprint density at radius 1 is 1.26 bits per heavy atom. The number of benzene rings is 1. The molecule has 0 aromatic heterocycles. The van der Waals surface area contributed by atoms with Crippen molar-refractivity contribution in [2.24, 2.45) is 10.7 Å². The van der Waals surface area contributed by atoms with E-state index in [4.69, 9.17) is 5.73 Å². The molecular formula is C16H28N4O2S. The van der Waals surface area contributed by atoms with E-state index in [2.05, 4.69) is 17.2 Å². The third-order valence-electron chi connectivity index (χ3n) is 3.77. The molecule has 1 aromatic rings. The van der Waals surface area contributed by atoms with Crippen LogP contribution in [0.4, 0.5) is 0 Å². The van der Waals surface area contributed by atoms with E-state index >= 15 is 0 Å². The molecule has 0 aliphatic carbocycles. The fraction of sp³-hybridized carbons (Fsp3) is 0.562. The van der Waals surface area contributed by atoms with Gasteiger partial charge in [0, 0.05) is 19.1 Å². The van der Waals surface area contributed by atoms with Crippen LogP contribution in [0.1, 0.15) is 39.7 Å². The molecule has 7 heteroatoms. The van der Waals surface area contributed by atoms with E-state index in [1.807, 2.05) is 20.8 Å². The summed E-state index contributed by atoms with van der Waals surface area (Å²) in [6.45, 7) is 8.20. The molecule has 0 radical (unpaired) electrons. The smallest absolute Gasteiger partial charge is 0.243 e. The van der Waals surface area contributed by atoms with Crippen LogP contribution in [0.2, 0.25) is 0 Å². The van der Waals surface area contributed by atoms with E-state index in [1.165, 1.54) is 4.31 Å². The predicted octanol–water partition coefficient (Wildman–Crippen LogP) is 1.92. The lowest BCUT2D eigenvalue weighted by atomic mass is 10.2. The minimum absolute atomic E-state index is 0.0873. The van der Waals surface area contributed by atoms with Gasteiger partial charge in [0.15, 0.2) is 5.96 Å². The van der Waals surface area contributed by atoms with Crippen molar-refractivity contribution < 1.29 is 8.42 Å². The fourth-order valence-corrected chi connectivity index (χ4v) is 3.15. The highest BCUT2D eigenvalue weighted by Crippen LogP contribution is 2.17. The van der Waals surface area contributed by atoms with Crippen LogP contribution in [0.3, 0.4) is 0 Å². The molecule has 0 aliphatic heterocycles. The first-order valence-electron chi connectivity index (χ1n) is 7.81. The van der Waals surface area contributed by atoms with Crippen LogP contribution in [0.5, 0.6) is 0 Å². The summed E-state index contributed by atoms with van der Waals surface area (Å²) in [5, 5.41) is 3.09. The number of aliphatic imine (C=N–C) groups is 1. The number of nitrogens with zero attached hydrogens (tertiary/aromatic N) is 2. The second-order valence-electron chi connectivity index (χ2n) is 5.91. The SMILES string of the molecule is CCC(C)NC(N)=NCc1ccc(S(=O)(=O)N(C)C(C)C)cc1. The Kier molecular flexibility index (Phi) is 7.02. The average molecular weight is 340 g/mol. The Labute approximate surface area is 139 Å². The molecule has 0 heterocycles. The van der Waals surface area contributed by atoms with Crippen molar-refractivity contribution in [3.05, 3.63) is 29.8 Å². The van der Waals surface area contributed by atoms with Crippen LogP contribution in [-0.4, -0.2) is 37.8 Å². The van der Waals surface area contributed by atoms with E-state index in [-0.39, 0.29) is 17.0 Å². The van der Waals surface area contributed by atoms with Gasteiger partial charge in [0.2, 0.25) is 10.0 Å². The maximum Gasteiger partial charge on any atom is 0.243 e. The quantitative estimate of drug-likeness (QED) is 0.586. The molecule has 0 saturated carbocycles. The molecule has 1 rings (SSSR count). The molecule has 1 atom stereocenters. The molecule has 0 bridgehead atoms. The van der Waals surface area contributed by atoms with Gasteiger partial charge < -0.3 is 11.1 Å². The van der Waals surface area contributed by atoms with Crippen molar-refractivity contribution >= 4 is 16.0 Å². The molecule has 1 aromatic carbocycles. The molecule has 23 heavy (non-hydrogen) atoms. The first kappa shape index (κ1) is 19.4. The second-order valence-corrected chi connectivity index (χ2v) is 7.91. The lowest BCUT2D eigenvalue weighted by molar-refractivity contribution is 0.410. The van der Waals surface area contributed by atoms with Crippen LogP contribution in [0, 0.1) is 0 Å². The minimum atomic E-state index is -3.45. The maximum absolute atomic E-state index is 12.4. The Morgan fingerprint density at radius 3 is 2.30 bits per heavy atom. The lowest BCUT2D eigenvalue weighted by Gasteiger charge is -2.21. The van der Waals surface area contributed by atoms with Crippen molar-refractivity contribution in [2.45, 2.75) is 57.6 Å². The number of hydrogen-bond donors (Lipinski definition) is 2. The number of sulfonamides is 1. The molecule has 0 saturated heterocycles. The summed E-state index contributed by atoms with van der Waals surface area (Å²) >= 11 is 0. The van der Waals surface area contributed by atoms with Gasteiger partial charge in [0.1, 0.15) is 0 Å². The average Bonchev–Trinajstić information content (AvgIpc) is 2.52. The number of rotatable bonds is 7. The Bertz CT molecular complexity index is 624. The Morgan fingerprint density at radius 2 is 1.83 bits per heavy atom. The summed E-state index contributed by atoms with van der Waals surface area (Å²) in [5.74, 6) is 0.399. The molecule has 0 spiro atoms. The van der Waals surface area contributed by atoms with Crippen molar-refractivity contribution in [2.75, 3.05) is 7.05 Å². The summed E-state index contributed by atoms with van der Waals surface area (Å²) in [6.07, 6.45) is 0.964. The third-order valence-corrected chi connectivity index (χ3v) is 5.81. The normalized spacial score (nSPS) is 14.3. The van der Waals surface area contributed by atoms with E-state index in [1.54, 1.807) is 31.3 Å². The van der Waals surface area contributed by atoms with Crippen molar-refractivity contribution in [3.63, 3.8) is 0 Å². The zero-order chi connectivity index (χ0) is 17.6. The van der Waals surface area contributed by atoms with Crippen LogP contribution in [0.15, 0.2) is 34.2 Å². The van der Waals surface area contributed by atoms with Gasteiger partial charge in [-0.25, -0.2) is 13.4 Å². The van der Waals surface area contributed by atoms with Gasteiger partial charge >= 0.3 is 0 Å². The van der Waals surface area contributed by atoms with Crippen molar-refractivity contribution in [1.82, 2.24) is 9.62 Å². The summed E-state index contributed by atoms with van der Waals surface area (Å²) in [5.41, 5.74) is 6.71. The summed E-state index contributed by atoms with van der Waals surface area (Å²) < 4.78 is 26.1. The zero-order valence-corrected chi connectivity index (χ0v) is 15.4. The van der Waals surface area contributed by atoms with Gasteiger partial charge in [-0.3, -0.25) is 0 Å². The molecule has 0 aliphatic rings. The van der Waals surface area contributed by atoms with Crippen LogP contribution in [-0.2, 0) is 16.6 Å². The van der Waals surface area contributed by atoms with E-state index in [0.29, 0.717) is 12.5 Å². The van der Waals surface area contributed by atoms with Gasteiger partial charge in [0.25, 0.3) is 0 Å². The van der Waals surface area contributed by atoms with E-state index in [0.717, 1.165) is 12.0 Å². The Balaban J connectivity index is 2.80. The van der Waals surface area contributed by atoms with Gasteiger partial charge in [-0.1, -0.05) is 19.1 Å². The van der Waals surface area contributed by atoms with E-state index in [9.17, 15) is 8.42 Å². The predicted molar refractivity (Wildman–Crippen MR) is 94.7 cm³/mol. The topological polar surface area (TPSA) is 87.8 Å². The maximum atomic E-state index is 12.4. The van der Waals surface area contributed by atoms with Gasteiger partial charge in [0.05, 0.1) is 11.4 Å². The molecule has 3 N–H and O–H groups in total. The van der Waals surface area contributed by atoms with Crippen LogP contribution in [0.25, 0.3) is 0 Å². The Hall–Kier alpha value is -1.60. The largest absolute Gasteiger partial charge is 0.370 e. The molecule has 1 unspecified atom stereocenters. The molecule has 0 amide bonds. The fourth-order valence-electron chi connectivity index (χ4n) is 1.79. The third kappa shape index (κ3) is 5.51. The second kappa shape index (κ2) is 8.31. The first-order chi connectivity index (χ1) is 10.7. The van der Waals surface area contributed by atoms with Crippen LogP contribution < -0.4 is 11.1 Å². The lowest BCUT2D eigenvalue weighted by Crippen LogP contribution is -2.38. The number of guanidine groups is 1. The number of hydrogen-bond acceptors (Lipinski definition) is 3. The van der Waals surface area contributed by atoms with Crippen molar-refractivity contribution in [3.8, 4) is 0 Å². The first-order valence-corrected chi connectivity index (χ1v) is 9.26. The highest BCUT2D eigenvalue weighted by molar-refractivity contribution is 7.89. The minimum Gasteiger partial charge on any atom is -0.370 e. The molecule has 0 fully saturated rings. The van der Waals surface area contributed by atoms with E-state index < -0.39 is 10.0 Å². The van der Waals surface area contributed by atoms with Gasteiger partial charge in [-0.2, -0.15) is 4.31 Å². The summed E-state index contributed by atoms with van der Waals surface area (Å²) in [7, 11) is -1.86. The number of nitrogens with one attached hydrogen (secondary N) is 1. The standard InChI is InChI=1S/C16H28N4O2S/c1-6-13(4)19-16(17)18-11-14-7-9-15(10-8-14)23(21,22)20(5)12(2)3/h7-10,12-13H,6,11H2,1-5H3,(H3,17,18,19). The molecule has 130 valence electrons. The summed E-state index contributed by atoms with van der Waals surface area (Å²) in [4.78, 5) is 4.55. The van der Waals surface area contributed by atoms with Crippen LogP contribution >= 0.6 is 0 Å². The monoisotopic (exact) mass is 340 g/mol.